The van der Waals surface area contributed by atoms with E-state index < -0.39 is 20.2 Å². The maximum atomic E-state index is 13.7. The second-order valence-corrected chi connectivity index (χ2v) is 14.3. The molecular formula is C31H29FN2O3S2. The van der Waals surface area contributed by atoms with Gasteiger partial charge in [-0.25, -0.2) is 17.8 Å². The second-order valence-electron chi connectivity index (χ2n) is 10.7. The molecule has 1 N–H and O–H groups in total. The van der Waals surface area contributed by atoms with Crippen molar-refractivity contribution in [3.05, 3.63) is 95.4 Å². The third-order valence-corrected chi connectivity index (χ3v) is 10.5. The van der Waals surface area contributed by atoms with E-state index in [1.807, 2.05) is 48.5 Å². The largest absolute Gasteiger partial charge is 0.383 e. The summed E-state index contributed by atoms with van der Waals surface area (Å²) in [6.45, 7) is 6.80. The number of fused-ring (bicyclic) bond motifs is 1. The smallest absolute Gasteiger partial charge is 0.156 e. The maximum absolute atomic E-state index is 13.7. The molecule has 200 valence electrons. The highest BCUT2D eigenvalue weighted by atomic mass is 32.2. The summed E-state index contributed by atoms with van der Waals surface area (Å²) in [6.07, 6.45) is 2.98. The molecule has 0 aliphatic rings. The van der Waals surface area contributed by atoms with Gasteiger partial charge >= 0.3 is 0 Å². The Morgan fingerprint density at radius 2 is 1.56 bits per heavy atom. The molecule has 0 atom stereocenters. The van der Waals surface area contributed by atoms with Crippen LogP contribution in [-0.2, 0) is 20.2 Å². The average Bonchev–Trinajstić information content (AvgIpc) is 3.34. The molecule has 0 radical (unpaired) electrons. The van der Waals surface area contributed by atoms with Crippen molar-refractivity contribution < 1.29 is 17.9 Å². The van der Waals surface area contributed by atoms with Crippen molar-refractivity contribution in [3.63, 3.8) is 0 Å². The molecule has 39 heavy (non-hydrogen) atoms. The summed E-state index contributed by atoms with van der Waals surface area (Å²) in [6, 6.07) is 21.6. The first-order valence-corrected chi connectivity index (χ1v) is 15.2. The van der Waals surface area contributed by atoms with Crippen LogP contribution in [0.4, 0.5) is 4.39 Å². The molecule has 0 spiro atoms. The summed E-state index contributed by atoms with van der Waals surface area (Å²) in [5.41, 5.74) is 4.25. The summed E-state index contributed by atoms with van der Waals surface area (Å²) in [7, 11) is -3.40. The summed E-state index contributed by atoms with van der Waals surface area (Å²) in [4.78, 5) is 10.2. The number of sulfone groups is 1. The number of nitrogens with zero attached hydrogens (tertiary/aromatic N) is 2. The Morgan fingerprint density at radius 1 is 0.872 bits per heavy atom. The molecular weight excluding hydrogens is 531 g/mol. The van der Waals surface area contributed by atoms with Gasteiger partial charge < -0.3 is 5.11 Å². The lowest BCUT2D eigenvalue weighted by atomic mass is 9.92. The van der Waals surface area contributed by atoms with E-state index in [9.17, 15) is 17.9 Å². The normalized spacial score (nSPS) is 12.7. The van der Waals surface area contributed by atoms with E-state index in [0.29, 0.717) is 16.3 Å². The highest BCUT2D eigenvalue weighted by molar-refractivity contribution is 7.91. The van der Waals surface area contributed by atoms with Gasteiger partial charge in [-0.15, -0.1) is 11.3 Å². The van der Waals surface area contributed by atoms with Gasteiger partial charge in [-0.05, 0) is 92.9 Å². The topological polar surface area (TPSA) is 80.2 Å². The molecule has 2 aromatic heterocycles. The summed E-state index contributed by atoms with van der Waals surface area (Å²) in [5, 5.41) is 12.1. The zero-order valence-electron chi connectivity index (χ0n) is 22.4. The Labute approximate surface area is 232 Å². The highest BCUT2D eigenvalue weighted by Crippen LogP contribution is 2.42. The van der Waals surface area contributed by atoms with E-state index in [1.54, 1.807) is 46.0 Å². The zero-order valence-corrected chi connectivity index (χ0v) is 24.0. The number of hydrogen-bond acceptors (Lipinski definition) is 6. The molecule has 5 rings (SSSR count). The molecule has 0 saturated carbocycles. The van der Waals surface area contributed by atoms with E-state index in [2.05, 4.69) is 4.98 Å². The van der Waals surface area contributed by atoms with Gasteiger partial charge in [0.2, 0.25) is 0 Å². The molecule has 0 unspecified atom stereocenters. The van der Waals surface area contributed by atoms with Gasteiger partial charge in [0.1, 0.15) is 16.4 Å². The molecule has 8 heteroatoms. The SMILES string of the molecule is CC(C)(O)c1nc(-c2ccc(F)cc2)c(-c2cccc(-c3cc(C(C)(C)S(C)(=O)=O)cc4cccnc34)c2)s1. The van der Waals surface area contributed by atoms with Crippen molar-refractivity contribution in [2.45, 2.75) is 38.0 Å². The molecule has 5 aromatic rings. The number of hydrogen-bond donors (Lipinski definition) is 1. The molecule has 3 aromatic carbocycles. The van der Waals surface area contributed by atoms with E-state index >= 15 is 0 Å². The van der Waals surface area contributed by atoms with Gasteiger partial charge in [-0.3, -0.25) is 4.98 Å². The van der Waals surface area contributed by atoms with Crippen molar-refractivity contribution in [3.8, 4) is 32.8 Å². The second kappa shape index (κ2) is 9.62. The highest BCUT2D eigenvalue weighted by Gasteiger charge is 2.33. The summed E-state index contributed by atoms with van der Waals surface area (Å²) < 4.78 is 38.0. The number of aliphatic hydroxyl groups is 1. The van der Waals surface area contributed by atoms with Crippen LogP contribution in [0.5, 0.6) is 0 Å². The van der Waals surface area contributed by atoms with Crippen molar-refractivity contribution >= 4 is 32.1 Å². The Hall–Kier alpha value is -3.46. The minimum atomic E-state index is -3.40. The van der Waals surface area contributed by atoms with Crippen LogP contribution in [0.15, 0.2) is 79.0 Å². The van der Waals surface area contributed by atoms with Crippen LogP contribution in [-0.4, -0.2) is 29.7 Å². The van der Waals surface area contributed by atoms with Crippen LogP contribution < -0.4 is 0 Å². The Morgan fingerprint density at radius 3 is 2.23 bits per heavy atom. The number of pyridine rings is 1. The lowest BCUT2D eigenvalue weighted by Gasteiger charge is -2.24. The Kier molecular flexibility index (Phi) is 6.69. The Bertz CT molecular complexity index is 1800. The third kappa shape index (κ3) is 5.12. The Balaban J connectivity index is 1.73. The van der Waals surface area contributed by atoms with Crippen LogP contribution >= 0.6 is 11.3 Å². The van der Waals surface area contributed by atoms with E-state index in [1.165, 1.54) is 29.7 Å². The predicted molar refractivity (Wildman–Crippen MR) is 157 cm³/mol. The fourth-order valence-electron chi connectivity index (χ4n) is 4.38. The van der Waals surface area contributed by atoms with Gasteiger partial charge in [0.25, 0.3) is 0 Å². The zero-order chi connectivity index (χ0) is 28.2. The first-order chi connectivity index (χ1) is 18.3. The molecule has 0 fully saturated rings. The predicted octanol–water partition coefficient (Wildman–Crippen LogP) is 7.34. The molecule has 5 nitrogen and oxygen atoms in total. The van der Waals surface area contributed by atoms with Gasteiger partial charge in [0, 0.05) is 29.0 Å². The fraction of sp³-hybridized carbons (Fsp3) is 0.226. The van der Waals surface area contributed by atoms with Crippen molar-refractivity contribution in [2.75, 3.05) is 6.26 Å². The fourth-order valence-corrected chi connectivity index (χ4v) is 6.01. The summed E-state index contributed by atoms with van der Waals surface area (Å²) >= 11 is 1.39. The van der Waals surface area contributed by atoms with E-state index in [4.69, 9.17) is 4.98 Å². The standard InChI is InChI=1S/C31H29FN2O3S2/c1-30(2,35)29-34-27(19-11-13-24(32)14-12-19)28(38-29)22-9-6-8-20(16-22)25-18-23(31(3,4)39(5,36)37)17-21-10-7-15-33-26(21)25/h6-18,35H,1-5H3. The molecule has 0 bridgehead atoms. The van der Waals surface area contributed by atoms with Crippen LogP contribution in [0.1, 0.15) is 38.3 Å². The molecule has 0 aliphatic carbocycles. The van der Waals surface area contributed by atoms with Gasteiger partial charge in [-0.1, -0.05) is 24.3 Å². The molecule has 0 amide bonds. The van der Waals surface area contributed by atoms with Crippen molar-refractivity contribution in [2.24, 2.45) is 0 Å². The lowest BCUT2D eigenvalue weighted by molar-refractivity contribution is 0.0783. The summed E-state index contributed by atoms with van der Waals surface area (Å²) in [5.74, 6) is -0.337. The van der Waals surface area contributed by atoms with Gasteiger partial charge in [0.15, 0.2) is 9.84 Å². The van der Waals surface area contributed by atoms with Crippen LogP contribution in [0.3, 0.4) is 0 Å². The average molecular weight is 561 g/mol. The first kappa shape index (κ1) is 27.1. The minimum absolute atomic E-state index is 0.337. The monoisotopic (exact) mass is 560 g/mol. The lowest BCUT2D eigenvalue weighted by Crippen LogP contribution is -2.28. The number of halogens is 1. The number of benzene rings is 3. The van der Waals surface area contributed by atoms with Crippen LogP contribution in [0.2, 0.25) is 0 Å². The minimum Gasteiger partial charge on any atom is -0.383 e. The third-order valence-electron chi connectivity index (χ3n) is 7.03. The van der Waals surface area contributed by atoms with E-state index in [0.717, 1.165) is 38.0 Å². The van der Waals surface area contributed by atoms with Crippen molar-refractivity contribution in [1.29, 1.82) is 0 Å². The van der Waals surface area contributed by atoms with Gasteiger partial charge in [-0.2, -0.15) is 0 Å². The van der Waals surface area contributed by atoms with Crippen LogP contribution in [0, 0.1) is 5.82 Å². The number of aromatic nitrogens is 2. The maximum Gasteiger partial charge on any atom is 0.156 e. The molecule has 0 saturated heterocycles. The number of thiazole rings is 1. The van der Waals surface area contributed by atoms with Crippen LogP contribution in [0.25, 0.3) is 43.7 Å². The number of rotatable bonds is 6. The van der Waals surface area contributed by atoms with E-state index in [-0.39, 0.29) is 5.82 Å². The van der Waals surface area contributed by atoms with Crippen molar-refractivity contribution in [1.82, 2.24) is 9.97 Å². The molecule has 2 heterocycles. The molecule has 0 aliphatic heterocycles. The first-order valence-electron chi connectivity index (χ1n) is 12.4. The quantitative estimate of drug-likeness (QED) is 0.235. The van der Waals surface area contributed by atoms with Gasteiger partial charge in [0.05, 0.1) is 20.8 Å².